The number of hydrogen-bond donors (Lipinski definition) is 0. The second-order valence-electron chi connectivity index (χ2n) is 5.28. The van der Waals surface area contributed by atoms with Crippen LogP contribution in [0, 0.1) is 0 Å². The van der Waals surface area contributed by atoms with Gasteiger partial charge in [0.05, 0.1) is 6.61 Å². The minimum Gasteiger partial charge on any atom is -0.490 e. The molecule has 0 saturated carbocycles. The van der Waals surface area contributed by atoms with Crippen molar-refractivity contribution in [3.8, 4) is 0 Å². The number of hydrogen-bond acceptors (Lipinski definition) is 4. The summed E-state index contributed by atoms with van der Waals surface area (Å²) in [5, 5.41) is 0. The van der Waals surface area contributed by atoms with E-state index < -0.39 is 11.7 Å². The van der Waals surface area contributed by atoms with Crippen molar-refractivity contribution in [2.75, 3.05) is 20.2 Å². The lowest BCUT2D eigenvalue weighted by Crippen LogP contribution is -2.35. The fourth-order valence-corrected chi connectivity index (χ4v) is 1.44. The van der Waals surface area contributed by atoms with Crippen LogP contribution in [0.15, 0.2) is 11.8 Å². The first-order valence-electron chi connectivity index (χ1n) is 6.10. The maximum absolute atomic E-state index is 11.7. The maximum Gasteiger partial charge on any atom is 0.410 e. The highest BCUT2D eigenvalue weighted by atomic mass is 16.6. The Morgan fingerprint density at radius 1 is 1.44 bits per heavy atom. The number of rotatable bonds is 4. The lowest BCUT2D eigenvalue weighted by molar-refractivity contribution is -0.118. The molecule has 0 bridgehead atoms. The summed E-state index contributed by atoms with van der Waals surface area (Å²) < 4.78 is 10.4. The average Bonchev–Trinajstić information content (AvgIpc) is 2.76. The standard InChI is InChI=1S/C13H21NO4/c1-13(2,3)18-12(16)14(4)8-7-10(15)11-6-5-9-17-11/h6H,5,7-9H2,1-4H3. The minimum absolute atomic E-state index is 0.0668. The molecule has 0 radical (unpaired) electrons. The van der Waals surface area contributed by atoms with Gasteiger partial charge in [-0.15, -0.1) is 0 Å². The summed E-state index contributed by atoms with van der Waals surface area (Å²) in [6.45, 7) is 6.32. The molecule has 0 fully saturated rings. The van der Waals surface area contributed by atoms with Gasteiger partial charge in [-0.3, -0.25) is 4.79 Å². The van der Waals surface area contributed by atoms with E-state index in [0.29, 0.717) is 18.9 Å². The molecule has 0 aromatic heterocycles. The van der Waals surface area contributed by atoms with Crippen molar-refractivity contribution in [3.63, 3.8) is 0 Å². The van der Waals surface area contributed by atoms with Crippen molar-refractivity contribution in [2.45, 2.75) is 39.2 Å². The van der Waals surface area contributed by atoms with Crippen LogP contribution in [0.3, 0.4) is 0 Å². The molecule has 0 spiro atoms. The third-order valence-corrected chi connectivity index (χ3v) is 2.36. The number of ketones is 1. The Balaban J connectivity index is 2.34. The topological polar surface area (TPSA) is 55.8 Å². The van der Waals surface area contributed by atoms with Crippen molar-refractivity contribution >= 4 is 11.9 Å². The van der Waals surface area contributed by atoms with E-state index in [1.807, 2.05) is 0 Å². The molecule has 0 N–H and O–H groups in total. The van der Waals surface area contributed by atoms with Crippen LogP contribution in [0.4, 0.5) is 4.79 Å². The third kappa shape index (κ3) is 4.77. The first kappa shape index (κ1) is 14.5. The smallest absolute Gasteiger partial charge is 0.410 e. The molecule has 1 rings (SSSR count). The molecule has 5 heteroatoms. The third-order valence-electron chi connectivity index (χ3n) is 2.36. The highest BCUT2D eigenvalue weighted by Gasteiger charge is 2.21. The maximum atomic E-state index is 11.7. The normalized spacial score (nSPS) is 14.8. The van der Waals surface area contributed by atoms with Crippen LogP contribution in [-0.4, -0.2) is 42.6 Å². The molecule has 0 unspecified atom stereocenters. The van der Waals surface area contributed by atoms with Crippen molar-refractivity contribution in [2.24, 2.45) is 0 Å². The zero-order valence-electron chi connectivity index (χ0n) is 11.5. The fraction of sp³-hybridized carbons (Fsp3) is 0.692. The Morgan fingerprint density at radius 2 is 2.11 bits per heavy atom. The molecule has 1 aliphatic rings. The van der Waals surface area contributed by atoms with Crippen LogP contribution in [0.2, 0.25) is 0 Å². The van der Waals surface area contributed by atoms with Gasteiger partial charge in [-0.25, -0.2) is 4.79 Å². The van der Waals surface area contributed by atoms with E-state index in [2.05, 4.69) is 0 Å². The summed E-state index contributed by atoms with van der Waals surface area (Å²) in [5.74, 6) is 0.357. The van der Waals surface area contributed by atoms with E-state index in [9.17, 15) is 9.59 Å². The van der Waals surface area contributed by atoms with E-state index in [1.165, 1.54) is 4.90 Å². The molecule has 0 aromatic rings. The van der Waals surface area contributed by atoms with Crippen molar-refractivity contribution in [3.05, 3.63) is 11.8 Å². The Kier molecular flexibility index (Phi) is 4.76. The van der Waals surface area contributed by atoms with Crippen LogP contribution < -0.4 is 0 Å². The molecule has 1 aliphatic heterocycles. The highest BCUT2D eigenvalue weighted by Crippen LogP contribution is 2.13. The molecule has 102 valence electrons. The molecular weight excluding hydrogens is 234 g/mol. The first-order valence-corrected chi connectivity index (χ1v) is 6.10. The van der Waals surface area contributed by atoms with Crippen molar-refractivity contribution in [1.82, 2.24) is 4.90 Å². The van der Waals surface area contributed by atoms with E-state index in [-0.39, 0.29) is 12.2 Å². The van der Waals surface area contributed by atoms with Crippen molar-refractivity contribution < 1.29 is 19.1 Å². The summed E-state index contributed by atoms with van der Waals surface area (Å²) in [7, 11) is 1.62. The molecule has 1 amide bonds. The van der Waals surface area contributed by atoms with Gasteiger partial charge < -0.3 is 14.4 Å². The SMILES string of the molecule is CN(CCC(=O)C1=CCCO1)C(=O)OC(C)(C)C. The van der Waals surface area contributed by atoms with Gasteiger partial charge in [0.2, 0.25) is 0 Å². The van der Waals surface area contributed by atoms with Crippen LogP contribution in [0.1, 0.15) is 33.6 Å². The summed E-state index contributed by atoms with van der Waals surface area (Å²) >= 11 is 0. The minimum atomic E-state index is -0.521. The van der Waals surface area contributed by atoms with Crippen LogP contribution in [-0.2, 0) is 14.3 Å². The second kappa shape index (κ2) is 5.89. The molecule has 1 heterocycles. The first-order chi connectivity index (χ1) is 8.29. The zero-order valence-corrected chi connectivity index (χ0v) is 11.5. The molecule has 5 nitrogen and oxygen atoms in total. The number of carbonyl (C=O) groups excluding carboxylic acids is 2. The number of amides is 1. The van der Waals surface area contributed by atoms with Gasteiger partial charge in [0.25, 0.3) is 0 Å². The molecule has 18 heavy (non-hydrogen) atoms. The number of Topliss-reactive ketones (excluding diaryl/α,β-unsaturated/α-hetero) is 1. The Morgan fingerprint density at radius 3 is 2.61 bits per heavy atom. The monoisotopic (exact) mass is 255 g/mol. The van der Waals surface area contributed by atoms with E-state index >= 15 is 0 Å². The zero-order chi connectivity index (χ0) is 13.8. The van der Waals surface area contributed by atoms with E-state index in [0.717, 1.165) is 6.42 Å². The molecule has 0 atom stereocenters. The quantitative estimate of drug-likeness (QED) is 0.772. The largest absolute Gasteiger partial charge is 0.490 e. The number of nitrogens with zero attached hydrogens (tertiary/aromatic N) is 1. The van der Waals surface area contributed by atoms with Gasteiger partial charge in [0.15, 0.2) is 11.5 Å². The lowest BCUT2D eigenvalue weighted by atomic mass is 10.2. The van der Waals surface area contributed by atoms with Crippen LogP contribution >= 0.6 is 0 Å². The number of ether oxygens (including phenoxy) is 2. The fourth-order valence-electron chi connectivity index (χ4n) is 1.44. The molecule has 0 saturated heterocycles. The average molecular weight is 255 g/mol. The Bertz CT molecular complexity index is 354. The van der Waals surface area contributed by atoms with Gasteiger partial charge in [-0.05, 0) is 26.8 Å². The predicted molar refractivity (Wildman–Crippen MR) is 67.1 cm³/mol. The lowest BCUT2D eigenvalue weighted by Gasteiger charge is -2.24. The van der Waals surface area contributed by atoms with Crippen molar-refractivity contribution in [1.29, 1.82) is 0 Å². The van der Waals surface area contributed by atoms with Gasteiger partial charge in [-0.1, -0.05) is 0 Å². The van der Waals surface area contributed by atoms with Gasteiger partial charge in [-0.2, -0.15) is 0 Å². The Labute approximate surface area is 108 Å². The predicted octanol–water partition coefficient (Wildman–Crippen LogP) is 2.12. The van der Waals surface area contributed by atoms with E-state index in [1.54, 1.807) is 33.9 Å². The molecule has 0 aromatic carbocycles. The summed E-state index contributed by atoms with van der Waals surface area (Å²) in [6.07, 6.45) is 2.40. The van der Waals surface area contributed by atoms with Gasteiger partial charge >= 0.3 is 6.09 Å². The highest BCUT2D eigenvalue weighted by molar-refractivity contribution is 5.94. The number of carbonyl (C=O) groups is 2. The van der Waals surface area contributed by atoms with Gasteiger partial charge in [0, 0.05) is 26.4 Å². The molecular formula is C13H21NO4. The number of allylic oxidation sites excluding steroid dienone is 1. The van der Waals surface area contributed by atoms with Crippen LogP contribution in [0.25, 0.3) is 0 Å². The second-order valence-corrected chi connectivity index (χ2v) is 5.28. The van der Waals surface area contributed by atoms with E-state index in [4.69, 9.17) is 9.47 Å². The summed E-state index contributed by atoms with van der Waals surface area (Å²) in [6, 6.07) is 0. The summed E-state index contributed by atoms with van der Waals surface area (Å²) in [5.41, 5.74) is -0.521. The summed E-state index contributed by atoms with van der Waals surface area (Å²) in [4.78, 5) is 24.7. The Hall–Kier alpha value is -1.52. The van der Waals surface area contributed by atoms with Crippen LogP contribution in [0.5, 0.6) is 0 Å². The van der Waals surface area contributed by atoms with Gasteiger partial charge in [0.1, 0.15) is 5.60 Å². The molecule has 0 aliphatic carbocycles.